The fraction of sp³-hybridized carbons (Fsp3) is 0.600. The van der Waals surface area contributed by atoms with Crippen molar-refractivity contribution in [3.8, 4) is 0 Å². The van der Waals surface area contributed by atoms with Crippen LogP contribution < -0.4 is 5.30 Å². The molecule has 2 saturated heterocycles. The van der Waals surface area contributed by atoms with E-state index < -0.39 is 7.06 Å². The van der Waals surface area contributed by atoms with Gasteiger partial charge >= 0.3 is 109 Å². The summed E-state index contributed by atoms with van der Waals surface area (Å²) in [5.74, 6) is 0. The molecule has 3 rings (SSSR count). The molecule has 0 saturated carbocycles. The van der Waals surface area contributed by atoms with E-state index in [0.717, 1.165) is 19.6 Å². The van der Waals surface area contributed by atoms with Crippen molar-refractivity contribution < 1.29 is 9.05 Å². The van der Waals surface area contributed by atoms with Gasteiger partial charge in [0.05, 0.1) is 0 Å². The Kier molecular flexibility index (Phi) is 2.35. The minimum absolute atomic E-state index is 0.118. The second-order valence-electron chi connectivity index (χ2n) is 6.76. The fourth-order valence-corrected chi connectivity index (χ4v) is 12.2. The Morgan fingerprint density at radius 3 is 1.83 bits per heavy atom. The topological polar surface area (TPSA) is 18.5 Å². The van der Waals surface area contributed by atoms with Gasteiger partial charge in [0.2, 0.25) is 0 Å². The fourth-order valence-electron chi connectivity index (χ4n) is 4.78. The first-order valence-electron chi connectivity index (χ1n) is 6.73. The molecule has 0 N–H and O–H groups in total. The molecule has 2 nitrogen and oxygen atoms in total. The first-order valence-corrected chi connectivity index (χ1v) is 8.80. The summed E-state index contributed by atoms with van der Waals surface area (Å²) in [4.78, 5) is 0. The third kappa shape index (κ3) is 1.03. The molecule has 1 spiro atoms. The zero-order chi connectivity index (χ0) is 13.1. The molecule has 0 atom stereocenters. The second-order valence-corrected chi connectivity index (χ2v) is 12.1. The average Bonchev–Trinajstić information content (AvgIpc) is 2.78. The van der Waals surface area contributed by atoms with Crippen LogP contribution in [0.2, 0.25) is 0 Å². The van der Waals surface area contributed by atoms with Crippen molar-refractivity contribution in [1.29, 1.82) is 0 Å². The van der Waals surface area contributed by atoms with Crippen LogP contribution in [-0.2, 0) is 9.05 Å². The van der Waals surface area contributed by atoms with E-state index in [1.54, 1.807) is 0 Å². The predicted octanol–water partition coefficient (Wildman–Crippen LogP) is 3.70. The van der Waals surface area contributed by atoms with Gasteiger partial charge in [0, 0.05) is 0 Å². The second kappa shape index (κ2) is 3.36. The van der Waals surface area contributed by atoms with Gasteiger partial charge in [0.15, 0.2) is 0 Å². The first-order chi connectivity index (χ1) is 8.36. The summed E-state index contributed by atoms with van der Waals surface area (Å²) in [7, 11) is -2.75. The normalized spacial score (nSPS) is 32.3. The van der Waals surface area contributed by atoms with Crippen molar-refractivity contribution in [3.05, 3.63) is 30.3 Å². The monoisotopic (exact) mass is 266 g/mol. The molecule has 0 aromatic heterocycles. The molecule has 2 heterocycles. The summed E-state index contributed by atoms with van der Waals surface area (Å²) in [6.45, 7) is 10.7. The first kappa shape index (κ1) is 12.6. The average molecular weight is 266 g/mol. The standard InChI is InChI=1S/C15H23O2P/c1-14(2)12-15(3,4)18(14,16-10-11-17-18)13-8-6-5-7-9-13/h5-9H,10-12H2,1-4H3. The van der Waals surface area contributed by atoms with Crippen molar-refractivity contribution in [2.75, 3.05) is 13.2 Å². The van der Waals surface area contributed by atoms with E-state index in [1.807, 2.05) is 0 Å². The van der Waals surface area contributed by atoms with E-state index in [-0.39, 0.29) is 10.3 Å². The van der Waals surface area contributed by atoms with Crippen molar-refractivity contribution >= 4 is 12.4 Å². The Bertz CT molecular complexity index is 455. The number of hydrogen-bond acceptors (Lipinski definition) is 2. The van der Waals surface area contributed by atoms with Gasteiger partial charge in [-0.3, -0.25) is 0 Å². The van der Waals surface area contributed by atoms with Crippen LogP contribution in [0.1, 0.15) is 34.1 Å². The van der Waals surface area contributed by atoms with Gasteiger partial charge in [0.1, 0.15) is 0 Å². The maximum atomic E-state index is 6.49. The Labute approximate surface area is 110 Å². The molecule has 100 valence electrons. The molecule has 0 radical (unpaired) electrons. The molecule has 0 bridgehead atoms. The molecule has 2 aliphatic rings. The summed E-state index contributed by atoms with van der Waals surface area (Å²) in [5.41, 5.74) is 0. The van der Waals surface area contributed by atoms with E-state index in [2.05, 4.69) is 58.0 Å². The molecule has 1 aromatic rings. The third-order valence-electron chi connectivity index (χ3n) is 5.05. The molecule has 3 heteroatoms. The number of benzene rings is 1. The molecular formula is C15H23O2P. The molecule has 0 unspecified atom stereocenters. The molecule has 2 aliphatic heterocycles. The molecule has 18 heavy (non-hydrogen) atoms. The van der Waals surface area contributed by atoms with Crippen molar-refractivity contribution in [2.45, 2.75) is 44.4 Å². The van der Waals surface area contributed by atoms with Crippen LogP contribution in [0, 0.1) is 0 Å². The summed E-state index contributed by atoms with van der Waals surface area (Å²) < 4.78 is 13.0. The van der Waals surface area contributed by atoms with Gasteiger partial charge in [0.25, 0.3) is 0 Å². The van der Waals surface area contributed by atoms with Crippen LogP contribution in [0.4, 0.5) is 0 Å². The summed E-state index contributed by atoms with van der Waals surface area (Å²) in [6.07, 6.45) is 1.16. The third-order valence-corrected chi connectivity index (χ3v) is 12.3. The molecule has 0 amide bonds. The number of hydrogen-bond donors (Lipinski definition) is 0. The molecule has 1 aromatic carbocycles. The summed E-state index contributed by atoms with van der Waals surface area (Å²) in [6, 6.07) is 10.7. The predicted molar refractivity (Wildman–Crippen MR) is 77.7 cm³/mol. The van der Waals surface area contributed by atoms with Crippen LogP contribution >= 0.6 is 7.06 Å². The zero-order valence-electron chi connectivity index (χ0n) is 11.8. The molecule has 2 fully saturated rings. The van der Waals surface area contributed by atoms with E-state index in [0.29, 0.717) is 0 Å². The quantitative estimate of drug-likeness (QED) is 0.721. The van der Waals surface area contributed by atoms with E-state index in [9.17, 15) is 0 Å². The van der Waals surface area contributed by atoms with E-state index in [4.69, 9.17) is 9.05 Å². The van der Waals surface area contributed by atoms with Crippen LogP contribution in [0.3, 0.4) is 0 Å². The van der Waals surface area contributed by atoms with Gasteiger partial charge in [-0.1, -0.05) is 0 Å². The van der Waals surface area contributed by atoms with Crippen molar-refractivity contribution in [3.63, 3.8) is 0 Å². The van der Waals surface area contributed by atoms with E-state index >= 15 is 0 Å². The van der Waals surface area contributed by atoms with Gasteiger partial charge in [-0.2, -0.15) is 0 Å². The summed E-state index contributed by atoms with van der Waals surface area (Å²) >= 11 is 0. The number of rotatable bonds is 1. The molecular weight excluding hydrogens is 243 g/mol. The van der Waals surface area contributed by atoms with E-state index in [1.165, 1.54) is 5.30 Å². The Morgan fingerprint density at radius 2 is 1.39 bits per heavy atom. The summed E-state index contributed by atoms with van der Waals surface area (Å²) in [5, 5.41) is 1.53. The van der Waals surface area contributed by atoms with Crippen molar-refractivity contribution in [1.82, 2.24) is 0 Å². The van der Waals surface area contributed by atoms with Gasteiger partial charge < -0.3 is 0 Å². The van der Waals surface area contributed by atoms with Crippen molar-refractivity contribution in [2.24, 2.45) is 0 Å². The van der Waals surface area contributed by atoms with Gasteiger partial charge in [-0.05, 0) is 0 Å². The van der Waals surface area contributed by atoms with Crippen LogP contribution in [0.15, 0.2) is 30.3 Å². The van der Waals surface area contributed by atoms with Crippen LogP contribution in [-0.4, -0.2) is 23.5 Å². The Hall–Kier alpha value is -0.430. The maximum absolute atomic E-state index is 6.49. The van der Waals surface area contributed by atoms with Crippen LogP contribution in [0.25, 0.3) is 0 Å². The minimum atomic E-state index is -2.75. The Morgan fingerprint density at radius 1 is 0.889 bits per heavy atom. The molecule has 0 aliphatic carbocycles. The van der Waals surface area contributed by atoms with Gasteiger partial charge in [-0.25, -0.2) is 0 Å². The SMILES string of the molecule is CC1(C)CC(C)(C)P12(c1ccccc1)OCCO2. The van der Waals surface area contributed by atoms with Gasteiger partial charge in [-0.15, -0.1) is 0 Å². The van der Waals surface area contributed by atoms with Crippen LogP contribution in [0.5, 0.6) is 0 Å². The zero-order valence-corrected chi connectivity index (χ0v) is 12.7. The Balaban J connectivity index is 2.30.